The summed E-state index contributed by atoms with van der Waals surface area (Å²) < 4.78 is 24.6. The van der Waals surface area contributed by atoms with Crippen molar-refractivity contribution in [3.63, 3.8) is 0 Å². The maximum absolute atomic E-state index is 13.8. The molecule has 34 heavy (non-hydrogen) atoms. The molecule has 3 aliphatic rings. The lowest BCUT2D eigenvalue weighted by atomic mass is 10.1. The van der Waals surface area contributed by atoms with E-state index in [0.717, 1.165) is 24.2 Å². The van der Waals surface area contributed by atoms with Crippen LogP contribution in [0.5, 0.6) is 11.5 Å². The largest absolute Gasteiger partial charge is 0.454 e. The number of benzene rings is 2. The standard InChI is InChI=1S/C24H21FN4O4S/c25-14-4-1-3-12(7-14)21-19(28-24(26)34-21)23(31)29-15(8-13-9-17(13)29)10-27-22(30)16-5-2-6-18-20(16)33-11-32-18/h1-7,13,15,17H,8-11H2,(H2,26,28)(H,27,30)/t13-,15+,17+/m1/s1. The van der Waals surface area contributed by atoms with E-state index in [-0.39, 0.29) is 41.5 Å². The summed E-state index contributed by atoms with van der Waals surface area (Å²) in [6.07, 6.45) is 1.74. The van der Waals surface area contributed by atoms with E-state index in [1.807, 2.05) is 4.90 Å². The summed E-state index contributed by atoms with van der Waals surface area (Å²) >= 11 is 1.16. The first-order valence-electron chi connectivity index (χ1n) is 11.0. The number of aromatic nitrogens is 1. The molecule has 6 rings (SSSR count). The molecule has 2 aliphatic heterocycles. The van der Waals surface area contributed by atoms with E-state index in [4.69, 9.17) is 15.2 Å². The average Bonchev–Trinajstić information content (AvgIpc) is 3.18. The van der Waals surface area contributed by atoms with Crippen LogP contribution >= 0.6 is 11.3 Å². The molecule has 8 nitrogen and oxygen atoms in total. The number of nitrogens with zero attached hydrogens (tertiary/aromatic N) is 2. The molecule has 2 aromatic carbocycles. The van der Waals surface area contributed by atoms with Crippen LogP contribution < -0.4 is 20.5 Å². The van der Waals surface area contributed by atoms with Crippen LogP contribution in [0.3, 0.4) is 0 Å². The van der Waals surface area contributed by atoms with Gasteiger partial charge in [0.15, 0.2) is 16.6 Å². The van der Waals surface area contributed by atoms with E-state index in [1.165, 1.54) is 12.1 Å². The molecule has 10 heteroatoms. The van der Waals surface area contributed by atoms with Crippen molar-refractivity contribution in [1.29, 1.82) is 0 Å². The van der Waals surface area contributed by atoms with Gasteiger partial charge in [0.05, 0.1) is 16.5 Å². The average molecular weight is 481 g/mol. The SMILES string of the molecule is Nc1nc(C(=O)N2[C@H](CNC(=O)c3cccc4c3OCO4)C[C@@H]3C[C@@H]32)c(-c2cccc(F)c2)s1. The topological polar surface area (TPSA) is 107 Å². The first-order valence-corrected chi connectivity index (χ1v) is 11.8. The molecule has 3 aromatic rings. The lowest BCUT2D eigenvalue weighted by Gasteiger charge is -2.27. The summed E-state index contributed by atoms with van der Waals surface area (Å²) in [5.74, 6) is 0.464. The van der Waals surface area contributed by atoms with Crippen molar-refractivity contribution in [2.24, 2.45) is 5.92 Å². The molecule has 0 unspecified atom stereocenters. The Hall–Kier alpha value is -3.66. The predicted molar refractivity (Wildman–Crippen MR) is 123 cm³/mol. The molecule has 2 fully saturated rings. The van der Waals surface area contributed by atoms with Gasteiger partial charge in [-0.2, -0.15) is 0 Å². The molecule has 0 spiro atoms. The smallest absolute Gasteiger partial charge is 0.274 e. The monoisotopic (exact) mass is 480 g/mol. The number of ether oxygens (including phenoxy) is 2. The van der Waals surface area contributed by atoms with E-state index in [0.29, 0.717) is 40.0 Å². The van der Waals surface area contributed by atoms with Crippen LogP contribution in [0.15, 0.2) is 42.5 Å². The number of rotatable bonds is 5. The number of para-hydroxylation sites is 1. The Labute approximate surface area is 198 Å². The lowest BCUT2D eigenvalue weighted by molar-refractivity contribution is 0.0684. The third kappa shape index (κ3) is 3.54. The number of nitrogens with two attached hydrogens (primary N) is 1. The van der Waals surface area contributed by atoms with Crippen LogP contribution in [0.25, 0.3) is 10.4 Å². The number of amides is 2. The summed E-state index contributed by atoms with van der Waals surface area (Å²) in [5, 5.41) is 3.20. The Morgan fingerprint density at radius 3 is 2.91 bits per heavy atom. The Morgan fingerprint density at radius 2 is 2.06 bits per heavy atom. The molecule has 3 heterocycles. The van der Waals surface area contributed by atoms with Gasteiger partial charge in [-0.25, -0.2) is 9.37 Å². The van der Waals surface area contributed by atoms with E-state index in [2.05, 4.69) is 10.3 Å². The molecule has 1 aliphatic carbocycles. The van der Waals surface area contributed by atoms with Gasteiger partial charge >= 0.3 is 0 Å². The lowest BCUT2D eigenvalue weighted by Crippen LogP contribution is -2.45. The first-order chi connectivity index (χ1) is 16.5. The Balaban J connectivity index is 1.22. The Morgan fingerprint density at radius 1 is 1.21 bits per heavy atom. The zero-order valence-corrected chi connectivity index (χ0v) is 18.8. The van der Waals surface area contributed by atoms with Crippen molar-refractivity contribution in [3.05, 3.63) is 59.5 Å². The molecule has 1 saturated heterocycles. The highest BCUT2D eigenvalue weighted by molar-refractivity contribution is 7.19. The number of anilines is 1. The number of nitrogen functional groups attached to an aromatic ring is 1. The number of piperidine rings is 1. The van der Waals surface area contributed by atoms with Crippen molar-refractivity contribution in [2.45, 2.75) is 24.9 Å². The third-order valence-electron chi connectivity index (χ3n) is 6.52. The van der Waals surface area contributed by atoms with Crippen LogP contribution in [0.4, 0.5) is 9.52 Å². The quantitative estimate of drug-likeness (QED) is 0.581. The molecule has 0 bridgehead atoms. The minimum atomic E-state index is -0.395. The van der Waals surface area contributed by atoms with Crippen molar-refractivity contribution in [2.75, 3.05) is 19.1 Å². The number of fused-ring (bicyclic) bond motifs is 2. The van der Waals surface area contributed by atoms with Crippen molar-refractivity contribution in [3.8, 4) is 21.9 Å². The summed E-state index contributed by atoms with van der Waals surface area (Å²) in [6.45, 7) is 0.384. The van der Waals surface area contributed by atoms with Gasteiger partial charge in [-0.15, -0.1) is 0 Å². The molecular weight excluding hydrogens is 459 g/mol. The van der Waals surface area contributed by atoms with Gasteiger partial charge < -0.3 is 25.4 Å². The van der Waals surface area contributed by atoms with Crippen molar-refractivity contribution >= 4 is 28.3 Å². The van der Waals surface area contributed by atoms with Crippen LogP contribution in [0, 0.1) is 11.7 Å². The predicted octanol–water partition coefficient (Wildman–Crippen LogP) is 3.29. The van der Waals surface area contributed by atoms with Crippen LogP contribution in [0.2, 0.25) is 0 Å². The summed E-state index contributed by atoms with van der Waals surface area (Å²) in [7, 11) is 0. The van der Waals surface area contributed by atoms with Gasteiger partial charge in [-0.3, -0.25) is 9.59 Å². The number of carbonyl (C=O) groups excluding carboxylic acids is 2. The number of hydrogen-bond donors (Lipinski definition) is 2. The maximum atomic E-state index is 13.8. The maximum Gasteiger partial charge on any atom is 0.274 e. The highest BCUT2D eigenvalue weighted by Gasteiger charge is 2.54. The highest BCUT2D eigenvalue weighted by Crippen LogP contribution is 2.49. The van der Waals surface area contributed by atoms with E-state index >= 15 is 0 Å². The highest BCUT2D eigenvalue weighted by atomic mass is 32.1. The third-order valence-corrected chi connectivity index (χ3v) is 7.45. The minimum Gasteiger partial charge on any atom is -0.454 e. The van der Waals surface area contributed by atoms with Gasteiger partial charge in [0, 0.05) is 12.6 Å². The molecule has 3 N–H and O–H groups in total. The molecule has 1 saturated carbocycles. The molecule has 174 valence electrons. The number of thiazole rings is 1. The Kier molecular flexibility index (Phi) is 4.91. The fourth-order valence-electron chi connectivity index (χ4n) is 4.90. The number of hydrogen-bond acceptors (Lipinski definition) is 7. The molecule has 0 radical (unpaired) electrons. The second-order valence-corrected chi connectivity index (χ2v) is 9.69. The minimum absolute atomic E-state index is 0.0817. The van der Waals surface area contributed by atoms with E-state index in [9.17, 15) is 14.0 Å². The second-order valence-electron chi connectivity index (χ2n) is 8.65. The number of likely N-dealkylation sites (tertiary alicyclic amines) is 1. The van der Waals surface area contributed by atoms with Crippen molar-refractivity contribution in [1.82, 2.24) is 15.2 Å². The summed E-state index contributed by atoms with van der Waals surface area (Å²) in [5.41, 5.74) is 7.13. The summed E-state index contributed by atoms with van der Waals surface area (Å²) in [4.78, 5) is 33.1. The fourth-order valence-corrected chi connectivity index (χ4v) is 5.72. The second kappa shape index (κ2) is 7.98. The van der Waals surface area contributed by atoms with E-state index < -0.39 is 5.82 Å². The van der Waals surface area contributed by atoms with Gasteiger partial charge in [-0.1, -0.05) is 29.5 Å². The molecular formula is C24H21FN4O4S. The van der Waals surface area contributed by atoms with Crippen LogP contribution in [-0.2, 0) is 0 Å². The van der Waals surface area contributed by atoms with Gasteiger partial charge in [0.2, 0.25) is 6.79 Å². The van der Waals surface area contributed by atoms with Gasteiger partial charge in [0.25, 0.3) is 11.8 Å². The number of halogens is 1. The normalized spacial score (nSPS) is 21.9. The zero-order valence-electron chi connectivity index (χ0n) is 18.0. The fraction of sp³-hybridized carbons (Fsp3) is 0.292. The first kappa shape index (κ1) is 20.9. The van der Waals surface area contributed by atoms with Crippen LogP contribution in [0.1, 0.15) is 33.7 Å². The summed E-state index contributed by atoms with van der Waals surface area (Å²) in [6, 6.07) is 11.2. The van der Waals surface area contributed by atoms with E-state index in [1.54, 1.807) is 30.3 Å². The molecule has 1 aromatic heterocycles. The molecule has 2 amide bonds. The Bertz CT molecular complexity index is 1310. The zero-order chi connectivity index (χ0) is 23.4. The van der Waals surface area contributed by atoms with Crippen LogP contribution in [-0.4, -0.2) is 47.1 Å². The number of carbonyl (C=O) groups is 2. The number of nitrogens with one attached hydrogen (secondary N) is 1. The van der Waals surface area contributed by atoms with Gasteiger partial charge in [0.1, 0.15) is 11.5 Å². The van der Waals surface area contributed by atoms with Crippen molar-refractivity contribution < 1.29 is 23.5 Å². The van der Waals surface area contributed by atoms with Gasteiger partial charge in [-0.05, 0) is 48.6 Å². The molecule has 3 atom stereocenters.